The quantitative estimate of drug-likeness (QED) is 0.766. The lowest BCUT2D eigenvalue weighted by atomic mass is 10.0. The number of halogens is 1. The van der Waals surface area contributed by atoms with Crippen LogP contribution in [-0.2, 0) is 16.1 Å². The summed E-state index contributed by atoms with van der Waals surface area (Å²) in [6.07, 6.45) is 3.62. The summed E-state index contributed by atoms with van der Waals surface area (Å²) in [4.78, 5) is 37.5. The van der Waals surface area contributed by atoms with E-state index in [1.165, 1.54) is 4.90 Å². The molecule has 3 aliphatic rings. The molecular weight excluding hydrogens is 358 g/mol. The van der Waals surface area contributed by atoms with Crippen molar-refractivity contribution in [1.29, 1.82) is 0 Å². The number of benzene rings is 1. The first-order valence-corrected chi connectivity index (χ1v) is 8.73. The molecule has 1 unspecified atom stereocenters. The van der Waals surface area contributed by atoms with Crippen molar-refractivity contribution < 1.29 is 19.1 Å². The second-order valence-electron chi connectivity index (χ2n) is 6.97. The number of amides is 3. The Kier molecular flexibility index (Phi) is 5.20. The third-order valence-electron chi connectivity index (χ3n) is 5.29. The summed E-state index contributed by atoms with van der Waals surface area (Å²) in [5, 5.41) is 2.31. The third-order valence-corrected chi connectivity index (χ3v) is 5.29. The van der Waals surface area contributed by atoms with Crippen molar-refractivity contribution >= 4 is 30.1 Å². The number of rotatable bonds is 3. The maximum Gasteiger partial charge on any atom is 0.255 e. The highest BCUT2D eigenvalue weighted by atomic mass is 35.5. The summed E-state index contributed by atoms with van der Waals surface area (Å²) in [6.45, 7) is 0.356. The minimum Gasteiger partial charge on any atom is -0.489 e. The maximum atomic E-state index is 12.6. The van der Waals surface area contributed by atoms with Crippen LogP contribution in [0.15, 0.2) is 18.2 Å². The second kappa shape index (κ2) is 7.25. The van der Waals surface area contributed by atoms with Crippen molar-refractivity contribution in [2.75, 3.05) is 0 Å². The molecule has 140 valence electrons. The fourth-order valence-electron chi connectivity index (χ4n) is 3.90. The van der Waals surface area contributed by atoms with Gasteiger partial charge >= 0.3 is 0 Å². The Morgan fingerprint density at radius 3 is 2.65 bits per heavy atom. The van der Waals surface area contributed by atoms with Gasteiger partial charge in [-0.25, -0.2) is 0 Å². The molecule has 7 nitrogen and oxygen atoms in total. The van der Waals surface area contributed by atoms with Gasteiger partial charge in [-0.1, -0.05) is 0 Å². The molecule has 2 fully saturated rings. The van der Waals surface area contributed by atoms with Crippen LogP contribution in [0.5, 0.6) is 5.75 Å². The van der Waals surface area contributed by atoms with Crippen molar-refractivity contribution in [3.05, 3.63) is 29.3 Å². The van der Waals surface area contributed by atoms with Gasteiger partial charge in [0.2, 0.25) is 11.8 Å². The fraction of sp³-hybridized carbons (Fsp3) is 0.500. The van der Waals surface area contributed by atoms with E-state index in [2.05, 4.69) is 5.32 Å². The molecule has 3 atom stereocenters. The zero-order valence-electron chi connectivity index (χ0n) is 14.3. The Morgan fingerprint density at radius 1 is 1.15 bits per heavy atom. The summed E-state index contributed by atoms with van der Waals surface area (Å²) < 4.78 is 5.99. The van der Waals surface area contributed by atoms with Gasteiger partial charge < -0.3 is 15.4 Å². The van der Waals surface area contributed by atoms with Gasteiger partial charge in [-0.3, -0.25) is 19.7 Å². The lowest BCUT2D eigenvalue weighted by Crippen LogP contribution is -2.52. The zero-order valence-corrected chi connectivity index (χ0v) is 15.1. The van der Waals surface area contributed by atoms with Crippen LogP contribution >= 0.6 is 12.4 Å². The van der Waals surface area contributed by atoms with E-state index in [1.54, 1.807) is 12.1 Å². The van der Waals surface area contributed by atoms with E-state index in [4.69, 9.17) is 10.5 Å². The van der Waals surface area contributed by atoms with Gasteiger partial charge in [0.05, 0.1) is 0 Å². The molecule has 3 amide bonds. The summed E-state index contributed by atoms with van der Waals surface area (Å²) in [6, 6.07) is 4.86. The number of nitrogens with zero attached hydrogens (tertiary/aromatic N) is 1. The predicted octanol–water partition coefficient (Wildman–Crippen LogP) is 1.13. The molecule has 2 heterocycles. The number of hydrogen-bond donors (Lipinski definition) is 2. The second-order valence-corrected chi connectivity index (χ2v) is 6.97. The number of hydrogen-bond acceptors (Lipinski definition) is 5. The number of imide groups is 1. The number of fused-ring (bicyclic) bond motifs is 1. The SMILES string of the molecule is Cl.N[C@H]1CCC[C@@H]1Oc1ccc2c(c1)CN(C1CCC(=O)NC1=O)C2=O. The Balaban J connectivity index is 0.00000196. The number of ether oxygens (including phenoxy) is 1. The van der Waals surface area contributed by atoms with Crippen LogP contribution in [0, 0.1) is 0 Å². The van der Waals surface area contributed by atoms with Crippen molar-refractivity contribution in [3.63, 3.8) is 0 Å². The first kappa shape index (κ1) is 18.7. The molecule has 1 aromatic rings. The van der Waals surface area contributed by atoms with Gasteiger partial charge in [0, 0.05) is 24.6 Å². The Bertz CT molecular complexity index is 754. The van der Waals surface area contributed by atoms with E-state index in [9.17, 15) is 14.4 Å². The van der Waals surface area contributed by atoms with E-state index in [-0.39, 0.29) is 42.8 Å². The molecular formula is C18H22ClN3O4. The minimum absolute atomic E-state index is 0. The van der Waals surface area contributed by atoms with E-state index in [0.717, 1.165) is 24.8 Å². The highest BCUT2D eigenvalue weighted by Crippen LogP contribution is 2.31. The molecule has 0 spiro atoms. The standard InChI is InChI=1S/C18H21N3O4.ClH/c19-13-2-1-3-15(13)25-11-4-5-12-10(8-11)9-21(18(12)24)14-6-7-16(22)20-17(14)23;/h4-5,8,13-15H,1-3,6-7,9,19H2,(H,20,22,23);1H/t13-,14?,15-;/m0./s1. The molecule has 4 rings (SSSR count). The van der Waals surface area contributed by atoms with Crippen molar-refractivity contribution in [2.24, 2.45) is 5.73 Å². The number of nitrogens with two attached hydrogens (primary N) is 1. The van der Waals surface area contributed by atoms with Crippen LogP contribution in [0.1, 0.15) is 48.0 Å². The van der Waals surface area contributed by atoms with E-state index in [1.807, 2.05) is 6.07 Å². The Morgan fingerprint density at radius 2 is 1.96 bits per heavy atom. The van der Waals surface area contributed by atoms with Crippen molar-refractivity contribution in [2.45, 2.75) is 56.8 Å². The normalized spacial score (nSPS) is 27.8. The molecule has 2 aliphatic heterocycles. The highest BCUT2D eigenvalue weighted by molar-refractivity contribution is 6.05. The van der Waals surface area contributed by atoms with E-state index < -0.39 is 11.9 Å². The first-order chi connectivity index (χ1) is 12.0. The van der Waals surface area contributed by atoms with Gasteiger partial charge in [-0.2, -0.15) is 0 Å². The van der Waals surface area contributed by atoms with Crippen LogP contribution in [-0.4, -0.2) is 40.8 Å². The first-order valence-electron chi connectivity index (χ1n) is 8.73. The molecule has 0 radical (unpaired) electrons. The van der Waals surface area contributed by atoms with Crippen LogP contribution in [0.2, 0.25) is 0 Å². The largest absolute Gasteiger partial charge is 0.489 e. The molecule has 8 heteroatoms. The van der Waals surface area contributed by atoms with Gasteiger partial charge in [-0.15, -0.1) is 12.4 Å². The van der Waals surface area contributed by atoms with Crippen LogP contribution in [0.4, 0.5) is 0 Å². The maximum absolute atomic E-state index is 12.6. The number of carbonyl (C=O) groups excluding carboxylic acids is 3. The van der Waals surface area contributed by atoms with Crippen molar-refractivity contribution in [1.82, 2.24) is 10.2 Å². The Hall–Kier alpha value is -2.12. The summed E-state index contributed by atoms with van der Waals surface area (Å²) >= 11 is 0. The summed E-state index contributed by atoms with van der Waals surface area (Å²) in [5.74, 6) is -0.146. The van der Waals surface area contributed by atoms with Gasteiger partial charge in [-0.05, 0) is 49.4 Å². The van der Waals surface area contributed by atoms with Crippen LogP contribution in [0.25, 0.3) is 0 Å². The third kappa shape index (κ3) is 3.29. The molecule has 1 aromatic carbocycles. The highest BCUT2D eigenvalue weighted by Gasteiger charge is 2.39. The van der Waals surface area contributed by atoms with Crippen LogP contribution < -0.4 is 15.8 Å². The number of nitrogens with one attached hydrogen (secondary N) is 1. The monoisotopic (exact) mass is 379 g/mol. The number of piperidine rings is 1. The smallest absolute Gasteiger partial charge is 0.255 e. The fourth-order valence-corrected chi connectivity index (χ4v) is 3.90. The lowest BCUT2D eigenvalue weighted by Gasteiger charge is -2.29. The summed E-state index contributed by atoms with van der Waals surface area (Å²) in [5.41, 5.74) is 7.49. The average molecular weight is 380 g/mol. The lowest BCUT2D eigenvalue weighted by molar-refractivity contribution is -0.136. The molecule has 0 aromatic heterocycles. The molecule has 1 saturated heterocycles. The number of carbonyl (C=O) groups is 3. The van der Waals surface area contributed by atoms with Gasteiger partial charge in [0.15, 0.2) is 0 Å². The van der Waals surface area contributed by atoms with Gasteiger partial charge in [0.1, 0.15) is 17.9 Å². The molecule has 26 heavy (non-hydrogen) atoms. The average Bonchev–Trinajstić information content (AvgIpc) is 3.12. The molecule has 3 N–H and O–H groups in total. The van der Waals surface area contributed by atoms with E-state index in [0.29, 0.717) is 24.3 Å². The van der Waals surface area contributed by atoms with Gasteiger partial charge in [0.25, 0.3) is 5.91 Å². The van der Waals surface area contributed by atoms with Crippen molar-refractivity contribution in [3.8, 4) is 5.75 Å². The summed E-state index contributed by atoms with van der Waals surface area (Å²) in [7, 11) is 0. The minimum atomic E-state index is -0.592. The topological polar surface area (TPSA) is 102 Å². The molecule has 0 bridgehead atoms. The van der Waals surface area contributed by atoms with E-state index >= 15 is 0 Å². The predicted molar refractivity (Wildman–Crippen MR) is 96.0 cm³/mol. The van der Waals surface area contributed by atoms with Crippen LogP contribution in [0.3, 0.4) is 0 Å². The zero-order chi connectivity index (χ0) is 17.6. The molecule has 1 aliphatic carbocycles. The molecule has 1 saturated carbocycles. The Labute approximate surface area is 157 Å².